The number of hydrogen-bond donors (Lipinski definition) is 0. The molecule has 2 aromatic rings. The second-order valence-electron chi connectivity index (χ2n) is 9.27. The molecule has 1 aliphatic heterocycles. The number of halogens is 3. The molecule has 0 N–H and O–H groups in total. The Morgan fingerprint density at radius 2 is 1.31 bits per heavy atom. The van der Waals surface area contributed by atoms with Crippen LogP contribution in [0.25, 0.3) is 0 Å². The zero-order valence-corrected chi connectivity index (χ0v) is 24.8. The molecule has 0 atom stereocenters. The summed E-state index contributed by atoms with van der Waals surface area (Å²) in [6, 6.07) is 4.20. The summed E-state index contributed by atoms with van der Waals surface area (Å²) in [5.74, 6) is -1.30. The first-order chi connectivity index (χ1) is 18.5. The van der Waals surface area contributed by atoms with Gasteiger partial charge in [-0.2, -0.15) is 0 Å². The average molecular weight is 661 g/mol. The predicted octanol–water partition coefficient (Wildman–Crippen LogP) is 8.51. The lowest BCUT2D eigenvalue weighted by molar-refractivity contribution is -0.386. The van der Waals surface area contributed by atoms with Crippen molar-refractivity contribution in [3.63, 3.8) is 0 Å². The van der Waals surface area contributed by atoms with Gasteiger partial charge in [0.1, 0.15) is 11.6 Å². The Balaban J connectivity index is 0. The number of nitro benzene ring substituents is 2. The Kier molecular flexibility index (Phi) is 17.1. The van der Waals surface area contributed by atoms with E-state index in [4.69, 9.17) is 14.0 Å². The molecule has 0 amide bonds. The number of ether oxygens (including phenoxy) is 2. The summed E-state index contributed by atoms with van der Waals surface area (Å²) in [4.78, 5) is 19.8. The molecule has 1 heterocycles. The van der Waals surface area contributed by atoms with Crippen LogP contribution in [0.3, 0.4) is 0 Å². The standard InChI is InChI=1S/C10H10FNO3.C9H17BO2.C7H5BrFNO3.2CH4/c1-3-4-7-5-9(12(13)14)10(15-2)6-8(7)11;1-6-7-10-11-8(2,3)9(4,5)12-10;1-13-7-3-5(9)4(8)2-6(7)10(11)12;;/h3,5-6H,1,4H2,2H3;6H,1,7H2,2-5H3;2-3H,1H3;2*1H4. The van der Waals surface area contributed by atoms with Crippen molar-refractivity contribution in [2.24, 2.45) is 0 Å². The van der Waals surface area contributed by atoms with Crippen molar-refractivity contribution in [1.82, 2.24) is 0 Å². The van der Waals surface area contributed by atoms with E-state index < -0.39 is 21.5 Å². The van der Waals surface area contributed by atoms with Crippen molar-refractivity contribution in [1.29, 1.82) is 0 Å². The second kappa shape index (κ2) is 17.6. The molecule has 42 heavy (non-hydrogen) atoms. The van der Waals surface area contributed by atoms with Gasteiger partial charge in [-0.15, -0.1) is 13.2 Å². The van der Waals surface area contributed by atoms with Crippen molar-refractivity contribution in [3.05, 3.63) is 91.5 Å². The molecule has 0 radical (unpaired) electrons. The lowest BCUT2D eigenvalue weighted by Gasteiger charge is -2.32. The highest BCUT2D eigenvalue weighted by molar-refractivity contribution is 9.10. The molecule has 14 heteroatoms. The summed E-state index contributed by atoms with van der Waals surface area (Å²) >= 11 is 2.84. The van der Waals surface area contributed by atoms with Gasteiger partial charge in [-0.25, -0.2) is 8.78 Å². The van der Waals surface area contributed by atoms with Crippen molar-refractivity contribution in [2.45, 2.75) is 66.5 Å². The maximum absolute atomic E-state index is 13.3. The fraction of sp³-hybridized carbons (Fsp3) is 0.429. The van der Waals surface area contributed by atoms with Crippen LogP contribution in [-0.2, 0) is 15.7 Å². The highest BCUT2D eigenvalue weighted by Crippen LogP contribution is 2.37. The Morgan fingerprint density at radius 3 is 1.69 bits per heavy atom. The van der Waals surface area contributed by atoms with E-state index in [1.165, 1.54) is 20.3 Å². The van der Waals surface area contributed by atoms with Crippen LogP contribution in [-0.4, -0.2) is 42.4 Å². The van der Waals surface area contributed by atoms with Crippen LogP contribution >= 0.6 is 15.9 Å². The summed E-state index contributed by atoms with van der Waals surface area (Å²) < 4.78 is 47.0. The minimum atomic E-state index is -0.636. The fourth-order valence-corrected chi connectivity index (χ4v) is 3.56. The molecule has 2 aromatic carbocycles. The Labute approximate surface area is 255 Å². The number of hydrogen-bond acceptors (Lipinski definition) is 8. The smallest absolute Gasteiger partial charge is 0.461 e. The van der Waals surface area contributed by atoms with Gasteiger partial charge in [-0.05, 0) is 55.6 Å². The number of nitrogens with zero attached hydrogens (tertiary/aromatic N) is 2. The number of methoxy groups -OCH3 is 2. The highest BCUT2D eigenvalue weighted by Gasteiger charge is 2.50. The minimum absolute atomic E-state index is 0. The average Bonchev–Trinajstić information content (AvgIpc) is 3.07. The van der Waals surface area contributed by atoms with Crippen molar-refractivity contribution >= 4 is 34.4 Å². The number of benzene rings is 2. The Bertz CT molecular complexity index is 1230. The van der Waals surface area contributed by atoms with Crippen LogP contribution in [0.2, 0.25) is 6.32 Å². The molecular weight excluding hydrogens is 621 g/mol. The van der Waals surface area contributed by atoms with E-state index in [1.54, 1.807) is 0 Å². The van der Waals surface area contributed by atoms with Gasteiger partial charge in [0.25, 0.3) is 0 Å². The van der Waals surface area contributed by atoms with Gasteiger partial charge in [0, 0.05) is 30.6 Å². The van der Waals surface area contributed by atoms with E-state index in [0.717, 1.165) is 30.6 Å². The molecular formula is C28H40BBrF2N2O8. The lowest BCUT2D eigenvalue weighted by atomic mass is 9.85. The van der Waals surface area contributed by atoms with Crippen LogP contribution in [0, 0.1) is 31.9 Å². The van der Waals surface area contributed by atoms with Crippen LogP contribution in [0.5, 0.6) is 11.5 Å². The van der Waals surface area contributed by atoms with Gasteiger partial charge in [0.2, 0.25) is 0 Å². The summed E-state index contributed by atoms with van der Waals surface area (Å²) in [5.41, 5.74) is -0.689. The van der Waals surface area contributed by atoms with Gasteiger partial charge in [0.05, 0.1) is 39.7 Å². The van der Waals surface area contributed by atoms with E-state index in [-0.39, 0.29) is 72.5 Å². The molecule has 0 bridgehead atoms. The van der Waals surface area contributed by atoms with Gasteiger partial charge in [-0.1, -0.05) is 27.0 Å². The normalized spacial score (nSPS) is 13.9. The van der Waals surface area contributed by atoms with Crippen LogP contribution in [0.4, 0.5) is 20.2 Å². The molecule has 0 aromatic heterocycles. The van der Waals surface area contributed by atoms with Gasteiger partial charge >= 0.3 is 18.5 Å². The van der Waals surface area contributed by atoms with E-state index >= 15 is 0 Å². The molecule has 0 unspecified atom stereocenters. The lowest BCUT2D eigenvalue weighted by Crippen LogP contribution is -2.41. The van der Waals surface area contributed by atoms with Crippen LogP contribution in [0.15, 0.2) is 54.0 Å². The molecule has 1 saturated heterocycles. The number of allylic oxidation sites excluding steroid dienone is 2. The molecule has 234 valence electrons. The third-order valence-corrected chi connectivity index (χ3v) is 6.60. The molecule has 1 aliphatic rings. The van der Waals surface area contributed by atoms with Crippen molar-refractivity contribution in [2.75, 3.05) is 14.2 Å². The van der Waals surface area contributed by atoms with Gasteiger partial charge < -0.3 is 18.8 Å². The number of rotatable bonds is 8. The first-order valence-corrected chi connectivity index (χ1v) is 12.6. The second-order valence-corrected chi connectivity index (χ2v) is 10.1. The Morgan fingerprint density at radius 1 is 0.881 bits per heavy atom. The quantitative estimate of drug-likeness (QED) is 0.119. The molecule has 10 nitrogen and oxygen atoms in total. The van der Waals surface area contributed by atoms with Crippen LogP contribution < -0.4 is 9.47 Å². The molecule has 0 spiro atoms. The van der Waals surface area contributed by atoms with Crippen molar-refractivity contribution in [3.8, 4) is 11.5 Å². The van der Waals surface area contributed by atoms with Crippen molar-refractivity contribution < 1.29 is 37.4 Å². The molecule has 0 saturated carbocycles. The topological polar surface area (TPSA) is 123 Å². The number of nitro groups is 2. The SMILES string of the molecule is C.C.C=CCB1OC(C)(C)C(C)(C)O1.C=CCc1cc([N+](=O)[O-])c(OC)cc1F.COc1cc(F)c(Br)cc1[N+](=O)[O-]. The predicted molar refractivity (Wildman–Crippen MR) is 165 cm³/mol. The zero-order valence-electron chi connectivity index (χ0n) is 23.2. The highest BCUT2D eigenvalue weighted by atomic mass is 79.9. The van der Waals surface area contributed by atoms with E-state index in [0.29, 0.717) is 0 Å². The summed E-state index contributed by atoms with van der Waals surface area (Å²) in [7, 11) is 2.39. The molecule has 1 fully saturated rings. The zero-order chi connectivity index (χ0) is 30.8. The van der Waals surface area contributed by atoms with Gasteiger partial charge in [-0.3, -0.25) is 20.2 Å². The summed E-state index contributed by atoms with van der Waals surface area (Å²) in [6.07, 6.45) is 4.31. The van der Waals surface area contributed by atoms with E-state index in [2.05, 4.69) is 61.5 Å². The van der Waals surface area contributed by atoms with Gasteiger partial charge in [0.15, 0.2) is 11.5 Å². The maximum atomic E-state index is 13.3. The third kappa shape index (κ3) is 10.8. The maximum Gasteiger partial charge on any atom is 0.461 e. The third-order valence-electron chi connectivity index (χ3n) is 5.99. The van der Waals surface area contributed by atoms with E-state index in [9.17, 15) is 29.0 Å². The first kappa shape index (κ1) is 40.8. The van der Waals surface area contributed by atoms with Crippen LogP contribution in [0.1, 0.15) is 48.1 Å². The Hall–Kier alpha value is -3.36. The summed E-state index contributed by atoms with van der Waals surface area (Å²) in [5, 5.41) is 21.1. The fourth-order valence-electron chi connectivity index (χ4n) is 3.23. The molecule has 0 aliphatic carbocycles. The van der Waals surface area contributed by atoms with E-state index in [1.807, 2.05) is 6.08 Å². The first-order valence-electron chi connectivity index (χ1n) is 11.8. The largest absolute Gasteiger partial charge is 0.490 e. The summed E-state index contributed by atoms with van der Waals surface area (Å²) in [6.45, 7) is 15.3. The minimum Gasteiger partial charge on any atom is -0.490 e. The monoisotopic (exact) mass is 660 g/mol. The molecule has 3 rings (SSSR count).